The Morgan fingerprint density at radius 1 is 1.56 bits per heavy atom. The van der Waals surface area contributed by atoms with Gasteiger partial charge in [0.05, 0.1) is 19.8 Å². The highest BCUT2D eigenvalue weighted by molar-refractivity contribution is 5.76. The molecule has 0 aliphatic carbocycles. The molecule has 3 N–H and O–H groups in total. The van der Waals surface area contributed by atoms with Crippen molar-refractivity contribution in [1.82, 2.24) is 0 Å². The molecule has 5 nitrogen and oxygen atoms in total. The van der Waals surface area contributed by atoms with Crippen molar-refractivity contribution in [2.24, 2.45) is 5.73 Å². The van der Waals surface area contributed by atoms with Gasteiger partial charge < -0.3 is 20.3 Å². The average Bonchev–Trinajstić information content (AvgIpc) is 2.37. The van der Waals surface area contributed by atoms with E-state index in [1.807, 2.05) is 0 Å². The molecule has 1 aromatic carbocycles. The van der Waals surface area contributed by atoms with Gasteiger partial charge in [0.25, 0.3) is 0 Å². The van der Waals surface area contributed by atoms with Crippen LogP contribution in [-0.4, -0.2) is 31.0 Å². The fourth-order valence-electron chi connectivity index (χ4n) is 1.46. The van der Waals surface area contributed by atoms with Crippen LogP contribution in [0.2, 0.25) is 0 Å². The summed E-state index contributed by atoms with van der Waals surface area (Å²) >= 11 is 0. The first kappa shape index (κ1) is 14.2. The Morgan fingerprint density at radius 3 is 2.72 bits per heavy atom. The van der Waals surface area contributed by atoms with Gasteiger partial charge in [-0.3, -0.25) is 0 Å². The number of nitrogens with two attached hydrogens (primary N) is 1. The first-order valence-electron chi connectivity index (χ1n) is 5.44. The van der Waals surface area contributed by atoms with E-state index in [4.69, 9.17) is 10.5 Å². The molecule has 0 aliphatic rings. The molecule has 18 heavy (non-hydrogen) atoms. The maximum Gasteiger partial charge on any atom is 0.342 e. The molecule has 0 bridgehead atoms. The smallest absolute Gasteiger partial charge is 0.342 e. The number of aromatic hydroxyl groups is 1. The fraction of sp³-hybridized carbons (Fsp3) is 0.417. The minimum Gasteiger partial charge on any atom is -0.507 e. The van der Waals surface area contributed by atoms with Crippen molar-refractivity contribution in [1.29, 1.82) is 0 Å². The van der Waals surface area contributed by atoms with Crippen molar-refractivity contribution in [3.05, 3.63) is 23.8 Å². The van der Waals surface area contributed by atoms with Crippen LogP contribution in [0.5, 0.6) is 11.5 Å². The quantitative estimate of drug-likeness (QED) is 0.777. The van der Waals surface area contributed by atoms with Gasteiger partial charge in [-0.1, -0.05) is 0 Å². The first-order valence-corrected chi connectivity index (χ1v) is 5.44. The number of carbonyl (C=O) groups is 1. The lowest BCUT2D eigenvalue weighted by Gasteiger charge is -2.17. The number of benzene rings is 1. The van der Waals surface area contributed by atoms with Crippen LogP contribution in [0.15, 0.2) is 18.2 Å². The number of hydrogen-bond donors (Lipinski definition) is 2. The van der Waals surface area contributed by atoms with E-state index in [1.165, 1.54) is 25.3 Å². The third kappa shape index (κ3) is 3.10. The largest absolute Gasteiger partial charge is 0.507 e. The molecular formula is C12H16FNO4. The van der Waals surface area contributed by atoms with Crippen molar-refractivity contribution in [2.45, 2.75) is 19.1 Å². The molecule has 0 aliphatic heterocycles. The maximum absolute atomic E-state index is 13.7. The van der Waals surface area contributed by atoms with Crippen molar-refractivity contribution < 1.29 is 23.8 Å². The summed E-state index contributed by atoms with van der Waals surface area (Å²) in [5, 5.41) is 9.67. The molecular weight excluding hydrogens is 241 g/mol. The van der Waals surface area contributed by atoms with Crippen molar-refractivity contribution in [3.8, 4) is 11.5 Å². The molecule has 0 saturated heterocycles. The van der Waals surface area contributed by atoms with Gasteiger partial charge in [-0.25, -0.2) is 9.18 Å². The normalized spacial score (nSPS) is 13.8. The van der Waals surface area contributed by atoms with Crippen molar-refractivity contribution in [2.75, 3.05) is 13.7 Å². The standard InChI is InChI=1S/C12H16FNO4/c1-3-18-12(16)10(13)11(14)8-5-4-7(17-2)6-9(8)15/h4-6,10-11,15H,3,14H2,1-2H3/t10?,11-/m0/s1. The number of ether oxygens (including phenoxy) is 2. The highest BCUT2D eigenvalue weighted by atomic mass is 19.1. The zero-order chi connectivity index (χ0) is 13.7. The summed E-state index contributed by atoms with van der Waals surface area (Å²) in [6, 6.07) is 2.94. The second-order valence-corrected chi connectivity index (χ2v) is 3.60. The summed E-state index contributed by atoms with van der Waals surface area (Å²) < 4.78 is 23.1. The average molecular weight is 257 g/mol. The van der Waals surface area contributed by atoms with Crippen LogP contribution in [0.1, 0.15) is 18.5 Å². The summed E-state index contributed by atoms with van der Waals surface area (Å²) in [7, 11) is 1.44. The lowest BCUT2D eigenvalue weighted by molar-refractivity contribution is -0.149. The van der Waals surface area contributed by atoms with E-state index < -0.39 is 18.2 Å². The monoisotopic (exact) mass is 257 g/mol. The molecule has 0 saturated carbocycles. The predicted octanol–water partition coefficient (Wildman–Crippen LogP) is 1.30. The van der Waals surface area contributed by atoms with Crippen molar-refractivity contribution in [3.63, 3.8) is 0 Å². The lowest BCUT2D eigenvalue weighted by atomic mass is 10.0. The lowest BCUT2D eigenvalue weighted by Crippen LogP contribution is -2.31. The van der Waals surface area contributed by atoms with Gasteiger partial charge in [0.15, 0.2) is 0 Å². The first-order chi connectivity index (χ1) is 8.51. The summed E-state index contributed by atoms with van der Waals surface area (Å²) in [5.74, 6) is -0.857. The van der Waals surface area contributed by atoms with E-state index in [0.29, 0.717) is 5.75 Å². The Kier molecular flexibility index (Phi) is 4.91. The van der Waals surface area contributed by atoms with Gasteiger partial charge in [-0.2, -0.15) is 0 Å². The molecule has 2 atom stereocenters. The van der Waals surface area contributed by atoms with E-state index in [1.54, 1.807) is 6.92 Å². The number of esters is 1. The molecule has 0 aromatic heterocycles. The second kappa shape index (κ2) is 6.20. The number of phenolic OH excluding ortho intramolecular Hbond substituents is 1. The number of halogens is 1. The zero-order valence-electron chi connectivity index (χ0n) is 10.2. The Labute approximate surface area is 104 Å². The number of methoxy groups -OCH3 is 1. The van der Waals surface area contributed by atoms with Gasteiger partial charge in [0.1, 0.15) is 11.5 Å². The Hall–Kier alpha value is -1.82. The topological polar surface area (TPSA) is 81.8 Å². The molecule has 0 fully saturated rings. The maximum atomic E-state index is 13.7. The molecule has 0 spiro atoms. The summed E-state index contributed by atoms with van der Waals surface area (Å²) in [6.07, 6.45) is -2.02. The highest BCUT2D eigenvalue weighted by Gasteiger charge is 2.29. The molecule has 1 aromatic rings. The van der Waals surface area contributed by atoms with Crippen LogP contribution in [0.4, 0.5) is 4.39 Å². The van der Waals surface area contributed by atoms with Gasteiger partial charge in [-0.05, 0) is 19.1 Å². The van der Waals surface area contributed by atoms with Crippen molar-refractivity contribution >= 4 is 5.97 Å². The predicted molar refractivity (Wildman–Crippen MR) is 63.1 cm³/mol. The van der Waals surface area contributed by atoms with Gasteiger partial charge in [-0.15, -0.1) is 0 Å². The Bertz CT molecular complexity index is 425. The van der Waals surface area contributed by atoms with Crippen LogP contribution in [0.3, 0.4) is 0 Å². The third-order valence-corrected chi connectivity index (χ3v) is 2.42. The van der Waals surface area contributed by atoms with Gasteiger partial charge in [0, 0.05) is 11.6 Å². The summed E-state index contributed by atoms with van der Waals surface area (Å²) in [5.41, 5.74) is 5.71. The minimum absolute atomic E-state index is 0.0700. The number of rotatable bonds is 5. The molecule has 0 amide bonds. The third-order valence-electron chi connectivity index (χ3n) is 2.42. The Balaban J connectivity index is 2.89. The van der Waals surface area contributed by atoms with Crippen LogP contribution in [0, 0.1) is 0 Å². The van der Waals surface area contributed by atoms with E-state index in [0.717, 1.165) is 0 Å². The molecule has 0 heterocycles. The molecule has 1 rings (SSSR count). The zero-order valence-corrected chi connectivity index (χ0v) is 10.2. The number of hydrogen-bond acceptors (Lipinski definition) is 5. The SMILES string of the molecule is CCOC(=O)C(F)[C@@H](N)c1ccc(OC)cc1O. The second-order valence-electron chi connectivity index (χ2n) is 3.60. The van der Waals surface area contributed by atoms with E-state index in [9.17, 15) is 14.3 Å². The fourth-order valence-corrected chi connectivity index (χ4v) is 1.46. The molecule has 0 radical (unpaired) electrons. The van der Waals surface area contributed by atoms with Crippen LogP contribution in [0.25, 0.3) is 0 Å². The van der Waals surface area contributed by atoms with E-state index in [2.05, 4.69) is 4.74 Å². The number of carbonyl (C=O) groups excluding carboxylic acids is 1. The van der Waals surface area contributed by atoms with Gasteiger partial charge >= 0.3 is 5.97 Å². The number of alkyl halides is 1. The summed E-state index contributed by atoms with van der Waals surface area (Å²) in [4.78, 5) is 11.2. The Morgan fingerprint density at radius 2 is 2.22 bits per heavy atom. The molecule has 1 unspecified atom stereocenters. The van der Waals surface area contributed by atoms with Gasteiger partial charge in [0.2, 0.25) is 6.17 Å². The molecule has 6 heteroatoms. The van der Waals surface area contributed by atoms with E-state index in [-0.39, 0.29) is 17.9 Å². The highest BCUT2D eigenvalue weighted by Crippen LogP contribution is 2.30. The van der Waals surface area contributed by atoms with E-state index >= 15 is 0 Å². The minimum atomic E-state index is -2.02. The van der Waals surface area contributed by atoms with Crippen LogP contribution in [-0.2, 0) is 9.53 Å². The number of phenols is 1. The molecule has 100 valence electrons. The van der Waals surface area contributed by atoms with Crippen LogP contribution < -0.4 is 10.5 Å². The van der Waals surface area contributed by atoms with Crippen LogP contribution >= 0.6 is 0 Å². The summed E-state index contributed by atoms with van der Waals surface area (Å²) in [6.45, 7) is 1.64.